The van der Waals surface area contributed by atoms with E-state index in [1.807, 2.05) is 12.1 Å². The minimum absolute atomic E-state index is 0.0784. The number of likely N-dealkylation sites (tertiary alicyclic amines) is 1. The molecule has 1 saturated heterocycles. The van der Waals surface area contributed by atoms with Gasteiger partial charge in [-0.1, -0.05) is 0 Å². The summed E-state index contributed by atoms with van der Waals surface area (Å²) in [5, 5.41) is 4.30. The van der Waals surface area contributed by atoms with Crippen LogP contribution in [0.5, 0.6) is 11.8 Å². The normalized spacial score (nSPS) is 22.7. The second-order valence-electron chi connectivity index (χ2n) is 5.79. The fourth-order valence-corrected chi connectivity index (χ4v) is 3.02. The van der Waals surface area contributed by atoms with Crippen LogP contribution in [0.25, 0.3) is 5.65 Å². The van der Waals surface area contributed by atoms with Crippen LogP contribution in [0.3, 0.4) is 0 Å². The van der Waals surface area contributed by atoms with Gasteiger partial charge in [0.25, 0.3) is 0 Å². The molecule has 0 bridgehead atoms. The van der Waals surface area contributed by atoms with Gasteiger partial charge >= 0.3 is 6.01 Å². The lowest BCUT2D eigenvalue weighted by Gasteiger charge is -2.20. The number of aromatic nitrogens is 3. The van der Waals surface area contributed by atoms with Gasteiger partial charge in [-0.2, -0.15) is 9.37 Å². The number of ether oxygens (including phenoxy) is 2. The molecular weight excluding hydrogens is 333 g/mol. The quantitative estimate of drug-likeness (QED) is 0.628. The van der Waals surface area contributed by atoms with Crippen LogP contribution in [-0.4, -0.2) is 51.8 Å². The van der Waals surface area contributed by atoms with Crippen molar-refractivity contribution < 1.29 is 13.9 Å². The van der Waals surface area contributed by atoms with Gasteiger partial charge < -0.3 is 15.2 Å². The van der Waals surface area contributed by atoms with E-state index in [1.165, 1.54) is 0 Å². The molecule has 3 heterocycles. The number of methoxy groups -OCH3 is 1. The van der Waals surface area contributed by atoms with Gasteiger partial charge in [-0.05, 0) is 19.1 Å². The van der Waals surface area contributed by atoms with Gasteiger partial charge in [0.2, 0.25) is 5.65 Å². The highest BCUT2D eigenvalue weighted by Crippen LogP contribution is 2.25. The molecule has 1 fully saturated rings. The Labute approximate surface area is 144 Å². The smallest absolute Gasteiger partial charge is 0.336 e. The van der Waals surface area contributed by atoms with E-state index in [4.69, 9.17) is 15.2 Å². The average molecular weight is 353 g/mol. The monoisotopic (exact) mass is 353 g/mol. The maximum Gasteiger partial charge on any atom is 0.336 e. The second-order valence-corrected chi connectivity index (χ2v) is 6.33. The molecule has 0 radical (unpaired) electrons. The lowest BCUT2D eigenvalue weighted by molar-refractivity contribution is 0.188. The van der Waals surface area contributed by atoms with Gasteiger partial charge in [0, 0.05) is 36.7 Å². The van der Waals surface area contributed by atoms with Crippen LogP contribution in [0, 0.1) is 0 Å². The fourth-order valence-electron chi connectivity index (χ4n) is 2.84. The van der Waals surface area contributed by atoms with Gasteiger partial charge in [0.1, 0.15) is 6.10 Å². The molecule has 0 saturated carbocycles. The second kappa shape index (κ2) is 6.86. The van der Waals surface area contributed by atoms with Crippen LogP contribution >= 0.6 is 12.6 Å². The van der Waals surface area contributed by atoms with Crippen molar-refractivity contribution in [3.8, 4) is 11.8 Å². The summed E-state index contributed by atoms with van der Waals surface area (Å²) >= 11 is 4.08. The molecule has 9 heteroatoms. The first-order chi connectivity index (χ1) is 11.5. The molecule has 24 heavy (non-hydrogen) atoms. The molecule has 0 aromatic carbocycles. The van der Waals surface area contributed by atoms with Crippen molar-refractivity contribution in [3.63, 3.8) is 0 Å². The lowest BCUT2D eigenvalue weighted by Crippen LogP contribution is -2.30. The Balaban J connectivity index is 1.70. The highest BCUT2D eigenvalue weighted by atomic mass is 32.1. The third-order valence-electron chi connectivity index (χ3n) is 4.09. The number of nitrogens with zero attached hydrogens (tertiary/aromatic N) is 4. The molecule has 1 aliphatic heterocycles. The Bertz CT molecular complexity index is 761. The standard InChI is InChI=1S/C15H20FN5O2S/c1-9-6-10(7-20(9)8-12(24)13(16)17)23-15-18-14-11(22-2)4-3-5-21(14)19-15/h3-5,9-10,24H,6-8,17H2,1-2H3/b13-12-. The summed E-state index contributed by atoms with van der Waals surface area (Å²) in [5.41, 5.74) is 5.73. The van der Waals surface area contributed by atoms with Crippen molar-refractivity contribution >= 4 is 18.3 Å². The summed E-state index contributed by atoms with van der Waals surface area (Å²) in [5.74, 6) is -0.117. The zero-order valence-electron chi connectivity index (χ0n) is 13.5. The third-order valence-corrected chi connectivity index (χ3v) is 4.45. The maximum atomic E-state index is 13.0. The topological polar surface area (TPSA) is 77.9 Å². The average Bonchev–Trinajstić information content (AvgIpc) is 3.10. The first-order valence-electron chi connectivity index (χ1n) is 7.61. The van der Waals surface area contributed by atoms with E-state index < -0.39 is 5.95 Å². The first-order valence-corrected chi connectivity index (χ1v) is 8.05. The summed E-state index contributed by atoms with van der Waals surface area (Å²) < 4.78 is 25.8. The molecule has 2 atom stereocenters. The van der Waals surface area contributed by atoms with Crippen LogP contribution in [0.4, 0.5) is 4.39 Å². The van der Waals surface area contributed by atoms with Crippen LogP contribution < -0.4 is 15.2 Å². The van der Waals surface area contributed by atoms with E-state index in [9.17, 15) is 4.39 Å². The number of hydrogen-bond acceptors (Lipinski definition) is 7. The third kappa shape index (κ3) is 3.41. The number of hydrogen-bond donors (Lipinski definition) is 2. The number of pyridine rings is 1. The fraction of sp³-hybridized carbons (Fsp3) is 0.467. The molecule has 130 valence electrons. The van der Waals surface area contributed by atoms with E-state index in [2.05, 4.69) is 34.5 Å². The first kappa shape index (κ1) is 16.8. The zero-order chi connectivity index (χ0) is 17.3. The van der Waals surface area contributed by atoms with Crippen molar-refractivity contribution in [3.05, 3.63) is 29.2 Å². The summed E-state index contributed by atoms with van der Waals surface area (Å²) in [6.07, 6.45) is 2.49. The summed E-state index contributed by atoms with van der Waals surface area (Å²) in [6, 6.07) is 4.16. The number of rotatable bonds is 5. The zero-order valence-corrected chi connectivity index (χ0v) is 14.4. The van der Waals surface area contributed by atoms with E-state index in [0.29, 0.717) is 30.5 Å². The van der Waals surface area contributed by atoms with Crippen molar-refractivity contribution in [1.29, 1.82) is 0 Å². The predicted molar refractivity (Wildman–Crippen MR) is 90.9 cm³/mol. The summed E-state index contributed by atoms with van der Waals surface area (Å²) in [6.45, 7) is 3.04. The molecule has 7 nitrogen and oxygen atoms in total. The Morgan fingerprint density at radius 3 is 3.04 bits per heavy atom. The molecule has 0 amide bonds. The Hall–Kier alpha value is -2.00. The predicted octanol–water partition coefficient (Wildman–Crippen LogP) is 1.61. The molecule has 1 aliphatic rings. The molecular formula is C15H20FN5O2S. The highest BCUT2D eigenvalue weighted by molar-refractivity contribution is 7.84. The number of nitrogens with two attached hydrogens (primary N) is 1. The lowest BCUT2D eigenvalue weighted by atomic mass is 10.2. The number of halogens is 1. The number of thiol groups is 1. The van der Waals surface area contributed by atoms with E-state index in [1.54, 1.807) is 17.8 Å². The van der Waals surface area contributed by atoms with Gasteiger partial charge in [-0.3, -0.25) is 4.90 Å². The van der Waals surface area contributed by atoms with Crippen LogP contribution in [0.2, 0.25) is 0 Å². The number of fused-ring (bicyclic) bond motifs is 1. The molecule has 0 aliphatic carbocycles. The maximum absolute atomic E-state index is 13.0. The molecule has 2 unspecified atom stereocenters. The van der Waals surface area contributed by atoms with Gasteiger partial charge in [-0.15, -0.1) is 17.7 Å². The SMILES string of the molecule is COc1cccn2nc(OC3CC(C)N(C/C(S)=C(/N)F)C3)nc12. The summed E-state index contributed by atoms with van der Waals surface area (Å²) in [7, 11) is 1.58. The molecule has 3 rings (SSSR count). The van der Waals surface area contributed by atoms with Crippen molar-refractivity contribution in [2.45, 2.75) is 25.5 Å². The van der Waals surface area contributed by atoms with Crippen molar-refractivity contribution in [1.82, 2.24) is 19.5 Å². The Morgan fingerprint density at radius 2 is 2.33 bits per heavy atom. The molecule has 2 aromatic heterocycles. The van der Waals surface area contributed by atoms with Crippen LogP contribution in [-0.2, 0) is 0 Å². The Kier molecular flexibility index (Phi) is 4.81. The minimum Gasteiger partial charge on any atom is -0.493 e. The van der Waals surface area contributed by atoms with Crippen LogP contribution in [0.15, 0.2) is 29.2 Å². The van der Waals surface area contributed by atoms with Gasteiger partial charge in [0.15, 0.2) is 11.7 Å². The van der Waals surface area contributed by atoms with Gasteiger partial charge in [-0.25, -0.2) is 4.52 Å². The van der Waals surface area contributed by atoms with Crippen LogP contribution in [0.1, 0.15) is 13.3 Å². The Morgan fingerprint density at radius 1 is 1.54 bits per heavy atom. The highest BCUT2D eigenvalue weighted by Gasteiger charge is 2.31. The summed E-state index contributed by atoms with van der Waals surface area (Å²) in [4.78, 5) is 6.67. The van der Waals surface area contributed by atoms with Crippen molar-refractivity contribution in [2.75, 3.05) is 20.2 Å². The van der Waals surface area contributed by atoms with Crippen molar-refractivity contribution in [2.24, 2.45) is 5.73 Å². The van der Waals surface area contributed by atoms with E-state index in [0.717, 1.165) is 6.42 Å². The van der Waals surface area contributed by atoms with Gasteiger partial charge in [0.05, 0.1) is 7.11 Å². The molecule has 2 aromatic rings. The molecule has 0 spiro atoms. The molecule has 2 N–H and O–H groups in total. The van der Waals surface area contributed by atoms with E-state index in [-0.39, 0.29) is 17.1 Å². The minimum atomic E-state index is -0.746. The largest absolute Gasteiger partial charge is 0.493 e. The van der Waals surface area contributed by atoms with E-state index >= 15 is 0 Å².